The quantitative estimate of drug-likeness (QED) is 0.821. The highest BCUT2D eigenvalue weighted by Crippen LogP contribution is 2.31. The van der Waals surface area contributed by atoms with Crippen LogP contribution in [-0.2, 0) is 6.42 Å². The van der Waals surface area contributed by atoms with Crippen LogP contribution in [0.3, 0.4) is 0 Å². The number of benzene rings is 1. The molecule has 0 saturated heterocycles. The van der Waals surface area contributed by atoms with Crippen LogP contribution in [0.1, 0.15) is 45.1 Å². The zero-order chi connectivity index (χ0) is 14.5. The third kappa shape index (κ3) is 4.20. The van der Waals surface area contributed by atoms with Gasteiger partial charge in [-0.2, -0.15) is 0 Å². The summed E-state index contributed by atoms with van der Waals surface area (Å²) in [4.78, 5) is 0. The Bertz CT molecular complexity index is 427. The number of hydrogen-bond donors (Lipinski definition) is 1. The molecular formula is C17H25ClFN. The van der Waals surface area contributed by atoms with Crippen LogP contribution in [0, 0.1) is 17.7 Å². The molecule has 0 radical (unpaired) electrons. The van der Waals surface area contributed by atoms with Crippen LogP contribution < -0.4 is 5.32 Å². The van der Waals surface area contributed by atoms with Crippen molar-refractivity contribution in [3.8, 4) is 0 Å². The molecule has 0 bridgehead atoms. The molecule has 0 amide bonds. The highest BCUT2D eigenvalue weighted by atomic mass is 35.5. The minimum Gasteiger partial charge on any atom is -0.314 e. The van der Waals surface area contributed by atoms with E-state index in [4.69, 9.17) is 11.6 Å². The lowest BCUT2D eigenvalue weighted by Crippen LogP contribution is -2.39. The van der Waals surface area contributed by atoms with Gasteiger partial charge in [0.25, 0.3) is 0 Å². The first kappa shape index (κ1) is 15.8. The van der Waals surface area contributed by atoms with E-state index in [0.29, 0.717) is 12.0 Å². The Labute approximate surface area is 126 Å². The Hall–Kier alpha value is -0.600. The molecule has 1 N–H and O–H groups in total. The van der Waals surface area contributed by atoms with Gasteiger partial charge in [0.1, 0.15) is 5.82 Å². The molecule has 1 aliphatic carbocycles. The van der Waals surface area contributed by atoms with Crippen LogP contribution >= 0.6 is 11.6 Å². The van der Waals surface area contributed by atoms with E-state index in [0.717, 1.165) is 24.4 Å². The average molecular weight is 298 g/mol. The first-order valence-electron chi connectivity index (χ1n) is 7.77. The predicted octanol–water partition coefficient (Wildman–Crippen LogP) is 4.83. The summed E-state index contributed by atoms with van der Waals surface area (Å²) in [6.45, 7) is 5.45. The maximum absolute atomic E-state index is 13.6. The van der Waals surface area contributed by atoms with Gasteiger partial charge < -0.3 is 5.32 Å². The van der Waals surface area contributed by atoms with E-state index < -0.39 is 0 Å². The minimum absolute atomic E-state index is 0.209. The van der Waals surface area contributed by atoms with Gasteiger partial charge in [0, 0.05) is 6.04 Å². The van der Waals surface area contributed by atoms with E-state index in [1.807, 2.05) is 6.07 Å². The van der Waals surface area contributed by atoms with Gasteiger partial charge in [-0.15, -0.1) is 0 Å². The van der Waals surface area contributed by atoms with Crippen LogP contribution in [0.2, 0.25) is 5.02 Å². The van der Waals surface area contributed by atoms with E-state index in [2.05, 4.69) is 19.2 Å². The minimum atomic E-state index is -0.309. The van der Waals surface area contributed by atoms with E-state index in [1.165, 1.54) is 25.7 Å². The van der Waals surface area contributed by atoms with Crippen molar-refractivity contribution in [3.63, 3.8) is 0 Å². The lowest BCUT2D eigenvalue weighted by Gasteiger charge is -2.33. The number of hydrogen-bond acceptors (Lipinski definition) is 1. The van der Waals surface area contributed by atoms with Crippen LogP contribution in [0.25, 0.3) is 0 Å². The van der Waals surface area contributed by atoms with Gasteiger partial charge in [0.15, 0.2) is 0 Å². The third-order valence-electron chi connectivity index (χ3n) is 4.54. The second-order valence-corrected chi connectivity index (χ2v) is 6.54. The van der Waals surface area contributed by atoms with E-state index in [-0.39, 0.29) is 10.8 Å². The molecule has 0 aliphatic heterocycles. The average Bonchev–Trinajstić information content (AvgIpc) is 2.43. The molecule has 1 nitrogen and oxygen atoms in total. The Morgan fingerprint density at radius 3 is 2.60 bits per heavy atom. The summed E-state index contributed by atoms with van der Waals surface area (Å²) >= 11 is 5.75. The normalized spacial score (nSPS) is 24.6. The molecule has 0 heterocycles. The summed E-state index contributed by atoms with van der Waals surface area (Å²) in [5, 5.41) is 3.80. The second-order valence-electron chi connectivity index (χ2n) is 6.14. The van der Waals surface area contributed by atoms with Gasteiger partial charge in [-0.3, -0.25) is 0 Å². The van der Waals surface area contributed by atoms with Gasteiger partial charge in [-0.25, -0.2) is 4.39 Å². The standard InChI is InChI=1S/C17H25ClFN/c1-3-20-17(14-7-4-12(2)5-8-14)11-13-6-9-15(18)16(19)10-13/h6,9-10,12,14,17,20H,3-5,7-8,11H2,1-2H3. The Kier molecular flexibility index (Phi) is 5.86. The maximum Gasteiger partial charge on any atom is 0.142 e. The fourth-order valence-electron chi connectivity index (χ4n) is 3.28. The topological polar surface area (TPSA) is 12.0 Å². The molecule has 1 aromatic rings. The van der Waals surface area contributed by atoms with Crippen molar-refractivity contribution >= 4 is 11.6 Å². The van der Waals surface area contributed by atoms with Gasteiger partial charge in [0.2, 0.25) is 0 Å². The number of halogens is 2. The smallest absolute Gasteiger partial charge is 0.142 e. The molecular weight excluding hydrogens is 273 g/mol. The lowest BCUT2D eigenvalue weighted by molar-refractivity contribution is 0.230. The van der Waals surface area contributed by atoms with Crippen LogP contribution in [0.15, 0.2) is 18.2 Å². The van der Waals surface area contributed by atoms with Gasteiger partial charge in [-0.1, -0.05) is 44.4 Å². The molecule has 0 spiro atoms. The second kappa shape index (κ2) is 7.42. The number of nitrogens with one attached hydrogen (secondary N) is 1. The highest BCUT2D eigenvalue weighted by Gasteiger charge is 2.25. The molecule has 3 heteroatoms. The molecule has 1 atom stereocenters. The summed E-state index contributed by atoms with van der Waals surface area (Å²) in [6.07, 6.45) is 6.11. The number of rotatable bonds is 5. The molecule has 1 aromatic carbocycles. The Morgan fingerprint density at radius 1 is 1.30 bits per heavy atom. The van der Waals surface area contributed by atoms with Crippen LogP contribution in [0.4, 0.5) is 4.39 Å². The summed E-state index contributed by atoms with van der Waals surface area (Å²) in [5.74, 6) is 1.27. The van der Waals surface area contributed by atoms with Gasteiger partial charge in [-0.05, 0) is 55.3 Å². The molecule has 20 heavy (non-hydrogen) atoms. The van der Waals surface area contributed by atoms with Gasteiger partial charge >= 0.3 is 0 Å². The van der Waals surface area contributed by atoms with Crippen molar-refractivity contribution in [1.29, 1.82) is 0 Å². The first-order valence-corrected chi connectivity index (χ1v) is 8.15. The van der Waals surface area contributed by atoms with Crippen molar-refractivity contribution in [3.05, 3.63) is 34.6 Å². The Balaban J connectivity index is 2.02. The SMILES string of the molecule is CCNC(Cc1ccc(Cl)c(F)c1)C1CCC(C)CC1. The molecule has 112 valence electrons. The van der Waals surface area contributed by atoms with E-state index in [1.54, 1.807) is 12.1 Å². The van der Waals surface area contributed by atoms with Crippen LogP contribution in [0.5, 0.6) is 0 Å². The zero-order valence-electron chi connectivity index (χ0n) is 12.5. The van der Waals surface area contributed by atoms with Gasteiger partial charge in [0.05, 0.1) is 5.02 Å². The van der Waals surface area contributed by atoms with Crippen molar-refractivity contribution in [2.75, 3.05) is 6.54 Å². The first-order chi connectivity index (χ1) is 9.60. The zero-order valence-corrected chi connectivity index (χ0v) is 13.2. The molecule has 0 aromatic heterocycles. The van der Waals surface area contributed by atoms with Crippen molar-refractivity contribution in [1.82, 2.24) is 5.32 Å². The molecule has 1 saturated carbocycles. The summed E-state index contributed by atoms with van der Waals surface area (Å²) in [7, 11) is 0. The van der Waals surface area contributed by atoms with E-state index in [9.17, 15) is 4.39 Å². The summed E-state index contributed by atoms with van der Waals surface area (Å²) in [6, 6.07) is 5.64. The molecule has 2 rings (SSSR count). The van der Waals surface area contributed by atoms with Crippen molar-refractivity contribution in [2.24, 2.45) is 11.8 Å². The van der Waals surface area contributed by atoms with Crippen LogP contribution in [-0.4, -0.2) is 12.6 Å². The summed E-state index contributed by atoms with van der Waals surface area (Å²) < 4.78 is 13.6. The number of likely N-dealkylation sites (N-methyl/N-ethyl adjacent to an activating group) is 1. The maximum atomic E-state index is 13.6. The lowest BCUT2D eigenvalue weighted by atomic mass is 9.77. The third-order valence-corrected chi connectivity index (χ3v) is 4.84. The van der Waals surface area contributed by atoms with Crippen molar-refractivity contribution < 1.29 is 4.39 Å². The molecule has 1 fully saturated rings. The fourth-order valence-corrected chi connectivity index (χ4v) is 3.39. The predicted molar refractivity (Wildman–Crippen MR) is 83.7 cm³/mol. The van der Waals surface area contributed by atoms with Crippen molar-refractivity contribution in [2.45, 2.75) is 52.0 Å². The monoisotopic (exact) mass is 297 g/mol. The molecule has 1 unspecified atom stereocenters. The Morgan fingerprint density at radius 2 is 2.00 bits per heavy atom. The summed E-state index contributed by atoms with van der Waals surface area (Å²) in [5.41, 5.74) is 1.04. The highest BCUT2D eigenvalue weighted by molar-refractivity contribution is 6.30. The fraction of sp³-hybridized carbons (Fsp3) is 0.647. The van der Waals surface area contributed by atoms with E-state index >= 15 is 0 Å². The largest absolute Gasteiger partial charge is 0.314 e. The molecule has 1 aliphatic rings.